The molecule has 0 aliphatic carbocycles. The van der Waals surface area contributed by atoms with Gasteiger partial charge >= 0.3 is 0 Å². The van der Waals surface area contributed by atoms with Crippen molar-refractivity contribution in [1.82, 2.24) is 0 Å². The second-order valence-corrected chi connectivity index (χ2v) is 9.70. The second kappa shape index (κ2) is 7.05. The Labute approximate surface area is 148 Å². The summed E-state index contributed by atoms with van der Waals surface area (Å²) in [6.45, 7) is 21.2. The maximum atomic E-state index is 2.47. The van der Waals surface area contributed by atoms with Crippen LogP contribution in [-0.2, 0) is 0 Å². The molecule has 1 aliphatic heterocycles. The van der Waals surface area contributed by atoms with E-state index in [0.717, 1.165) is 0 Å². The molecule has 0 bridgehead atoms. The maximum Gasteiger partial charge on any atom is 0.00687 e. The van der Waals surface area contributed by atoms with Crippen LogP contribution in [0.2, 0.25) is 0 Å². The number of hydrogen-bond acceptors (Lipinski definition) is 1. The molecule has 128 valence electrons. The summed E-state index contributed by atoms with van der Waals surface area (Å²) in [5, 5.41) is 0.687. The SMILES string of the molecule is C/C1=C(\C)c2c(C)c(C)cc(C(C)C)c2C(C(C)C)C[C@@H](C)S1. The van der Waals surface area contributed by atoms with Crippen molar-refractivity contribution in [1.29, 1.82) is 0 Å². The maximum absolute atomic E-state index is 2.47. The van der Waals surface area contributed by atoms with Gasteiger partial charge in [0.2, 0.25) is 0 Å². The molecule has 0 saturated heterocycles. The van der Waals surface area contributed by atoms with Gasteiger partial charge < -0.3 is 0 Å². The summed E-state index contributed by atoms with van der Waals surface area (Å²) in [7, 11) is 0. The number of rotatable bonds is 2. The van der Waals surface area contributed by atoms with Gasteiger partial charge in [0.25, 0.3) is 0 Å². The van der Waals surface area contributed by atoms with Crippen LogP contribution >= 0.6 is 11.8 Å². The largest absolute Gasteiger partial charge is 0.127 e. The molecule has 0 spiro atoms. The van der Waals surface area contributed by atoms with Gasteiger partial charge in [-0.15, -0.1) is 11.8 Å². The van der Waals surface area contributed by atoms with Crippen LogP contribution in [0.4, 0.5) is 0 Å². The number of hydrogen-bond donors (Lipinski definition) is 0. The summed E-state index contributed by atoms with van der Waals surface area (Å²) in [6, 6.07) is 2.47. The van der Waals surface area contributed by atoms with E-state index in [9.17, 15) is 0 Å². The van der Waals surface area contributed by atoms with E-state index in [2.05, 4.69) is 80.1 Å². The minimum Gasteiger partial charge on any atom is -0.127 e. The van der Waals surface area contributed by atoms with Crippen molar-refractivity contribution in [2.24, 2.45) is 5.92 Å². The average Bonchev–Trinajstić information content (AvgIpc) is 2.44. The first-order valence-corrected chi connectivity index (χ1v) is 10.0. The standard InChI is InChI=1S/C22H34S/c1-12(2)19-10-14(5)16(7)21-17(8)18(9)23-15(6)11-20(13(3)4)22(19)21/h10,12-13,15,20H,11H2,1-9H3/b18-17-/t15-,20?/m1/s1. The lowest BCUT2D eigenvalue weighted by Crippen LogP contribution is -2.19. The highest BCUT2D eigenvalue weighted by atomic mass is 32.2. The molecule has 0 N–H and O–H groups in total. The smallest absolute Gasteiger partial charge is 0.00687 e. The van der Waals surface area contributed by atoms with E-state index < -0.39 is 0 Å². The van der Waals surface area contributed by atoms with Crippen LogP contribution in [0, 0.1) is 19.8 Å². The van der Waals surface area contributed by atoms with E-state index in [0.29, 0.717) is 23.0 Å². The molecule has 1 aromatic carbocycles. The number of fused-ring (bicyclic) bond motifs is 1. The molecule has 23 heavy (non-hydrogen) atoms. The lowest BCUT2D eigenvalue weighted by molar-refractivity contribution is 0.462. The third-order valence-corrected chi connectivity index (χ3v) is 6.84. The van der Waals surface area contributed by atoms with Gasteiger partial charge in [-0.2, -0.15) is 0 Å². The molecule has 1 heteroatoms. The molecule has 2 atom stereocenters. The highest BCUT2D eigenvalue weighted by Gasteiger charge is 2.30. The summed E-state index contributed by atoms with van der Waals surface area (Å²) in [6.07, 6.45) is 1.28. The highest BCUT2D eigenvalue weighted by Crippen LogP contribution is 2.47. The van der Waals surface area contributed by atoms with Crippen LogP contribution in [0.3, 0.4) is 0 Å². The Hall–Kier alpha value is -0.690. The van der Waals surface area contributed by atoms with Crippen LogP contribution in [0.5, 0.6) is 0 Å². The van der Waals surface area contributed by atoms with Crippen LogP contribution < -0.4 is 0 Å². The molecule has 0 radical (unpaired) electrons. The fourth-order valence-corrected chi connectivity index (χ4v) is 5.20. The molecule has 1 unspecified atom stereocenters. The molecular weight excluding hydrogens is 296 g/mol. The molecule has 1 aromatic rings. The van der Waals surface area contributed by atoms with Crippen molar-refractivity contribution >= 4 is 17.3 Å². The Kier molecular flexibility index (Phi) is 5.72. The molecule has 2 rings (SSSR count). The first-order chi connectivity index (χ1) is 10.6. The molecule has 1 heterocycles. The third-order valence-electron chi connectivity index (χ3n) is 5.58. The molecule has 0 saturated carbocycles. The monoisotopic (exact) mass is 330 g/mol. The van der Waals surface area contributed by atoms with Gasteiger partial charge in [-0.05, 0) is 90.2 Å². The van der Waals surface area contributed by atoms with Crippen molar-refractivity contribution in [2.45, 2.75) is 85.8 Å². The Morgan fingerprint density at radius 1 is 1.04 bits per heavy atom. The number of thioether (sulfide) groups is 1. The van der Waals surface area contributed by atoms with Crippen molar-refractivity contribution in [2.75, 3.05) is 0 Å². The zero-order valence-electron chi connectivity index (χ0n) is 16.5. The fourth-order valence-electron chi connectivity index (χ4n) is 4.02. The predicted molar refractivity (Wildman–Crippen MR) is 108 cm³/mol. The van der Waals surface area contributed by atoms with Gasteiger partial charge in [-0.25, -0.2) is 0 Å². The van der Waals surface area contributed by atoms with Gasteiger partial charge in [0.05, 0.1) is 0 Å². The average molecular weight is 331 g/mol. The zero-order valence-corrected chi connectivity index (χ0v) is 17.3. The Morgan fingerprint density at radius 2 is 1.65 bits per heavy atom. The van der Waals surface area contributed by atoms with Crippen LogP contribution in [0.15, 0.2) is 11.0 Å². The van der Waals surface area contributed by atoms with E-state index in [1.54, 1.807) is 16.7 Å². The van der Waals surface area contributed by atoms with Crippen molar-refractivity contribution < 1.29 is 0 Å². The minimum absolute atomic E-state index is 0.583. The van der Waals surface area contributed by atoms with Crippen LogP contribution in [0.25, 0.3) is 5.57 Å². The van der Waals surface area contributed by atoms with E-state index >= 15 is 0 Å². The number of benzene rings is 1. The summed E-state index contributed by atoms with van der Waals surface area (Å²) in [4.78, 5) is 1.50. The zero-order chi connectivity index (χ0) is 17.5. The predicted octanol–water partition coefficient (Wildman–Crippen LogP) is 7.44. The topological polar surface area (TPSA) is 0 Å². The normalized spacial score (nSPS) is 25.5. The molecule has 0 aromatic heterocycles. The van der Waals surface area contributed by atoms with Gasteiger partial charge in [-0.3, -0.25) is 0 Å². The van der Waals surface area contributed by atoms with Crippen LogP contribution in [0.1, 0.15) is 94.5 Å². The second-order valence-electron chi connectivity index (χ2n) is 8.05. The first kappa shape index (κ1) is 18.6. The van der Waals surface area contributed by atoms with Gasteiger partial charge in [0, 0.05) is 5.25 Å². The van der Waals surface area contributed by atoms with Gasteiger partial charge in [-0.1, -0.05) is 40.7 Å². The van der Waals surface area contributed by atoms with E-state index in [1.165, 1.54) is 28.0 Å². The summed E-state index contributed by atoms with van der Waals surface area (Å²) >= 11 is 2.08. The van der Waals surface area contributed by atoms with Gasteiger partial charge in [0.15, 0.2) is 0 Å². The van der Waals surface area contributed by atoms with Crippen molar-refractivity contribution in [3.8, 4) is 0 Å². The fraction of sp³-hybridized carbons (Fsp3) is 0.636. The number of aryl methyl sites for hydroxylation is 1. The Morgan fingerprint density at radius 3 is 2.17 bits per heavy atom. The third kappa shape index (κ3) is 3.55. The molecule has 0 amide bonds. The van der Waals surface area contributed by atoms with Crippen molar-refractivity contribution in [3.05, 3.63) is 38.8 Å². The number of allylic oxidation sites excluding steroid dienone is 2. The first-order valence-electron chi connectivity index (χ1n) is 9.13. The molecule has 0 nitrogen and oxygen atoms in total. The lowest BCUT2D eigenvalue weighted by atomic mass is 9.74. The summed E-state index contributed by atoms with van der Waals surface area (Å²) in [5.74, 6) is 1.93. The molecule has 1 aliphatic rings. The Balaban J connectivity index is 2.90. The van der Waals surface area contributed by atoms with Crippen LogP contribution in [-0.4, -0.2) is 5.25 Å². The molecular formula is C22H34S. The summed E-state index contributed by atoms with van der Waals surface area (Å²) in [5.41, 5.74) is 9.23. The van der Waals surface area contributed by atoms with E-state index in [1.807, 2.05) is 0 Å². The van der Waals surface area contributed by atoms with E-state index in [4.69, 9.17) is 0 Å². The van der Waals surface area contributed by atoms with E-state index in [-0.39, 0.29) is 0 Å². The van der Waals surface area contributed by atoms with Gasteiger partial charge in [0.1, 0.15) is 0 Å². The highest BCUT2D eigenvalue weighted by molar-refractivity contribution is 8.03. The Bertz CT molecular complexity index is 619. The van der Waals surface area contributed by atoms with Crippen molar-refractivity contribution in [3.63, 3.8) is 0 Å². The molecule has 0 fully saturated rings. The minimum atomic E-state index is 0.583. The quantitative estimate of drug-likeness (QED) is 0.543. The lowest BCUT2D eigenvalue weighted by Gasteiger charge is -2.34. The summed E-state index contributed by atoms with van der Waals surface area (Å²) < 4.78 is 0.